The van der Waals surface area contributed by atoms with Gasteiger partial charge in [0.2, 0.25) is 0 Å². The van der Waals surface area contributed by atoms with Gasteiger partial charge in [0.1, 0.15) is 5.75 Å². The van der Waals surface area contributed by atoms with Gasteiger partial charge in [-0.1, -0.05) is 30.3 Å². The summed E-state index contributed by atoms with van der Waals surface area (Å²) in [6.07, 6.45) is 0.628. The number of carbonyl (C=O) groups is 2. The van der Waals surface area contributed by atoms with Gasteiger partial charge in [0, 0.05) is 57.9 Å². The number of carbonyl (C=O) groups excluding carboxylic acids is 2. The third kappa shape index (κ3) is 8.31. The van der Waals surface area contributed by atoms with E-state index in [9.17, 15) is 9.59 Å². The summed E-state index contributed by atoms with van der Waals surface area (Å²) in [7, 11) is 2.97. The van der Waals surface area contributed by atoms with Crippen LogP contribution in [0.4, 0.5) is 9.18 Å². The highest BCUT2D eigenvalue weighted by molar-refractivity contribution is 5.83. The lowest BCUT2D eigenvalue weighted by molar-refractivity contribution is -0.146. The fourth-order valence-corrected chi connectivity index (χ4v) is 5.57. The summed E-state index contributed by atoms with van der Waals surface area (Å²) >= 11 is 0. The van der Waals surface area contributed by atoms with Crippen LogP contribution >= 0.6 is 0 Å². The zero-order valence-corrected chi connectivity index (χ0v) is 23.9. The number of piperidine rings is 1. The van der Waals surface area contributed by atoms with Crippen LogP contribution in [0.5, 0.6) is 11.5 Å². The maximum Gasteiger partial charge on any atom is 0.405 e. The van der Waals surface area contributed by atoms with Crippen LogP contribution in [0, 0.1) is 11.7 Å². The van der Waals surface area contributed by atoms with Gasteiger partial charge in [-0.05, 0) is 50.0 Å². The van der Waals surface area contributed by atoms with E-state index < -0.39 is 18.0 Å². The van der Waals surface area contributed by atoms with Crippen molar-refractivity contribution in [3.8, 4) is 11.5 Å². The van der Waals surface area contributed by atoms with Crippen LogP contribution in [-0.2, 0) is 27.2 Å². The number of nitrogens with zero attached hydrogens (tertiary/aromatic N) is 3. The van der Waals surface area contributed by atoms with E-state index in [2.05, 4.69) is 21.9 Å². The van der Waals surface area contributed by atoms with Crippen LogP contribution in [-0.4, -0.2) is 99.6 Å². The van der Waals surface area contributed by atoms with Crippen molar-refractivity contribution in [2.24, 2.45) is 11.7 Å². The van der Waals surface area contributed by atoms with E-state index in [1.807, 2.05) is 18.2 Å². The number of primary amides is 1. The molecule has 11 heteroatoms. The van der Waals surface area contributed by atoms with Crippen LogP contribution < -0.4 is 15.2 Å². The highest BCUT2D eigenvalue weighted by atomic mass is 19.1. The molecule has 0 bridgehead atoms. The fraction of sp³-hybridized carbons (Fsp3) is 0.533. The number of likely N-dealkylation sites (tertiary alicyclic amines) is 1. The molecule has 2 aromatic carbocycles. The van der Waals surface area contributed by atoms with Gasteiger partial charge in [-0.3, -0.25) is 9.69 Å². The maximum atomic E-state index is 15.2. The highest BCUT2D eigenvalue weighted by Crippen LogP contribution is 2.31. The minimum atomic E-state index is -0.938. The standard InChI is InChI=1S/C30H41FN4O6/c1-38-21-40-26-9-8-25(39-2)24(27(26)31)20-34-16-18-35(19-17-34)29(36)28(41-30(32)37)23-11-14-33(15-12-23)13-10-22-6-4-3-5-7-22/h3-9,23,28H,10-21H2,1-2H3,(H2,32,37)/t28-/m1/s1. The largest absolute Gasteiger partial charge is 0.496 e. The maximum absolute atomic E-state index is 15.2. The van der Waals surface area contributed by atoms with Crippen molar-refractivity contribution >= 4 is 12.0 Å². The minimum absolute atomic E-state index is 0.0648. The molecule has 0 saturated carbocycles. The predicted octanol–water partition coefficient (Wildman–Crippen LogP) is 2.88. The minimum Gasteiger partial charge on any atom is -0.496 e. The molecule has 2 heterocycles. The van der Waals surface area contributed by atoms with Crippen molar-refractivity contribution in [1.29, 1.82) is 0 Å². The molecular formula is C30H41FN4O6. The molecule has 10 nitrogen and oxygen atoms in total. The molecule has 2 aromatic rings. The number of ether oxygens (including phenoxy) is 4. The van der Waals surface area contributed by atoms with E-state index in [1.165, 1.54) is 25.8 Å². The van der Waals surface area contributed by atoms with E-state index in [1.54, 1.807) is 11.0 Å². The molecular weight excluding hydrogens is 531 g/mol. The Hall–Kier alpha value is -3.41. The molecule has 1 atom stereocenters. The van der Waals surface area contributed by atoms with Crippen LogP contribution in [0.25, 0.3) is 0 Å². The molecule has 0 unspecified atom stereocenters. The summed E-state index contributed by atoms with van der Waals surface area (Å²) in [4.78, 5) is 31.5. The Labute approximate surface area is 241 Å². The Morgan fingerprint density at radius 1 is 0.951 bits per heavy atom. The lowest BCUT2D eigenvalue weighted by Gasteiger charge is -2.39. The van der Waals surface area contributed by atoms with E-state index in [4.69, 9.17) is 24.7 Å². The van der Waals surface area contributed by atoms with E-state index in [0.29, 0.717) is 44.0 Å². The SMILES string of the molecule is COCOc1ccc(OC)c(CN2CCN(C(=O)[C@H](OC(N)=O)C3CCN(CCc4ccccc4)CC3)CC2)c1F. The second kappa shape index (κ2) is 15.0. The van der Waals surface area contributed by atoms with Crippen LogP contribution in [0.1, 0.15) is 24.0 Å². The number of amides is 2. The first-order valence-electron chi connectivity index (χ1n) is 14.1. The van der Waals surface area contributed by atoms with Crippen molar-refractivity contribution in [2.45, 2.75) is 31.9 Å². The van der Waals surface area contributed by atoms with Gasteiger partial charge >= 0.3 is 6.09 Å². The van der Waals surface area contributed by atoms with Gasteiger partial charge in [0.05, 0.1) is 7.11 Å². The van der Waals surface area contributed by atoms with Crippen molar-refractivity contribution in [2.75, 3.05) is 66.8 Å². The fourth-order valence-electron chi connectivity index (χ4n) is 5.57. The monoisotopic (exact) mass is 572 g/mol. The molecule has 2 saturated heterocycles. The van der Waals surface area contributed by atoms with Crippen molar-refractivity contribution in [3.05, 3.63) is 59.4 Å². The Kier molecular flexibility index (Phi) is 11.2. The van der Waals surface area contributed by atoms with Gasteiger partial charge in [0.25, 0.3) is 5.91 Å². The average molecular weight is 573 g/mol. The number of nitrogens with two attached hydrogens (primary N) is 1. The number of rotatable bonds is 12. The van der Waals surface area contributed by atoms with Crippen LogP contribution in [0.3, 0.4) is 0 Å². The number of piperazine rings is 1. The van der Waals surface area contributed by atoms with E-state index in [0.717, 1.165) is 38.9 Å². The molecule has 0 aromatic heterocycles. The molecule has 2 aliphatic heterocycles. The van der Waals surface area contributed by atoms with Crippen LogP contribution in [0.2, 0.25) is 0 Å². The smallest absolute Gasteiger partial charge is 0.405 e. The van der Waals surface area contributed by atoms with Gasteiger partial charge in [-0.15, -0.1) is 0 Å². The molecule has 2 amide bonds. The van der Waals surface area contributed by atoms with E-state index >= 15 is 4.39 Å². The third-order valence-corrected chi connectivity index (χ3v) is 7.89. The van der Waals surface area contributed by atoms with Crippen molar-refractivity contribution in [3.63, 3.8) is 0 Å². The van der Waals surface area contributed by atoms with Crippen molar-refractivity contribution < 1.29 is 32.9 Å². The first-order valence-corrected chi connectivity index (χ1v) is 14.1. The van der Waals surface area contributed by atoms with Crippen molar-refractivity contribution in [1.82, 2.24) is 14.7 Å². The molecule has 2 N–H and O–H groups in total. The summed E-state index contributed by atoms with van der Waals surface area (Å²) < 4.78 is 36.2. The molecule has 2 fully saturated rings. The molecule has 0 radical (unpaired) electrons. The Bertz CT molecular complexity index is 1140. The average Bonchev–Trinajstić information content (AvgIpc) is 3.00. The quantitative estimate of drug-likeness (QED) is 0.387. The lowest BCUT2D eigenvalue weighted by Crippen LogP contribution is -2.54. The number of benzene rings is 2. The second-order valence-electron chi connectivity index (χ2n) is 10.5. The van der Waals surface area contributed by atoms with Gasteiger partial charge in [-0.25, -0.2) is 9.18 Å². The third-order valence-electron chi connectivity index (χ3n) is 7.89. The predicted molar refractivity (Wildman–Crippen MR) is 151 cm³/mol. The lowest BCUT2D eigenvalue weighted by atomic mass is 9.90. The Balaban J connectivity index is 1.31. The number of hydrogen-bond acceptors (Lipinski definition) is 8. The zero-order valence-electron chi connectivity index (χ0n) is 23.9. The summed E-state index contributed by atoms with van der Waals surface area (Å²) in [6.45, 7) is 4.75. The molecule has 0 spiro atoms. The van der Waals surface area contributed by atoms with Gasteiger partial charge < -0.3 is 34.5 Å². The van der Waals surface area contributed by atoms with Crippen LogP contribution in [0.15, 0.2) is 42.5 Å². The second-order valence-corrected chi connectivity index (χ2v) is 10.5. The molecule has 224 valence electrons. The topological polar surface area (TPSA) is 107 Å². The summed E-state index contributed by atoms with van der Waals surface area (Å²) in [5.74, 6) is -0.283. The summed E-state index contributed by atoms with van der Waals surface area (Å²) in [5.41, 5.74) is 7.07. The molecule has 4 rings (SSSR count). The first-order chi connectivity index (χ1) is 19.9. The summed E-state index contributed by atoms with van der Waals surface area (Å²) in [5, 5.41) is 0. The zero-order chi connectivity index (χ0) is 29.2. The number of methoxy groups -OCH3 is 2. The molecule has 41 heavy (non-hydrogen) atoms. The Morgan fingerprint density at radius 3 is 2.27 bits per heavy atom. The number of hydrogen-bond donors (Lipinski definition) is 1. The molecule has 0 aliphatic carbocycles. The van der Waals surface area contributed by atoms with Gasteiger partial charge in [0.15, 0.2) is 24.5 Å². The number of halogens is 1. The Morgan fingerprint density at radius 2 is 1.63 bits per heavy atom. The van der Waals surface area contributed by atoms with E-state index in [-0.39, 0.29) is 24.4 Å². The van der Waals surface area contributed by atoms with Gasteiger partial charge in [-0.2, -0.15) is 0 Å². The first kappa shape index (κ1) is 30.5. The molecule has 2 aliphatic rings. The highest BCUT2D eigenvalue weighted by Gasteiger charge is 2.37. The normalized spacial score (nSPS) is 17.7. The summed E-state index contributed by atoms with van der Waals surface area (Å²) in [6, 6.07) is 13.5.